The van der Waals surface area contributed by atoms with Crippen LogP contribution in [0.5, 0.6) is 0 Å². The molecule has 3 aromatic carbocycles. The van der Waals surface area contributed by atoms with Crippen molar-refractivity contribution in [2.24, 2.45) is 0 Å². The van der Waals surface area contributed by atoms with Gasteiger partial charge in [-0.15, -0.1) is 0 Å². The molecule has 0 saturated carbocycles. The fraction of sp³-hybridized carbons (Fsp3) is 0.306. The standard InChI is InChI=1S/C36H36N2O4/c1-5-7-8-9-18-38-29-15-11-13-22-12-10-14-24(32(22)29)30(38)20-25-33(39)26(34(25)40)21-31-36(3,4)27-19-23(35(41)42)16-17-28(27)37(31)6-2/h10-17,19-21H,5-9,18H2,1-4H3,(H-,39,40,41,42)/p+1. The molecule has 214 valence electrons. The molecular weight excluding hydrogens is 524 g/mol. The number of aromatic carboxylic acids is 1. The Hall–Kier alpha value is -4.45. The first-order valence-corrected chi connectivity index (χ1v) is 14.9. The minimum atomic E-state index is -0.972. The van der Waals surface area contributed by atoms with E-state index in [0.29, 0.717) is 12.1 Å². The number of rotatable bonds is 9. The molecular formula is C36H37N2O4+. The summed E-state index contributed by atoms with van der Waals surface area (Å²) < 4.78 is 4.39. The van der Waals surface area contributed by atoms with E-state index in [-0.39, 0.29) is 22.7 Å². The SMILES string of the molecule is CCCCCCn1/c(=C/C2=C(O)C(=C\C3=[N+](CC)c4ccc(C(=O)O)cc4C3(C)C)/C2=O)c2cccc3cccc1c32. The van der Waals surface area contributed by atoms with Gasteiger partial charge >= 0.3 is 5.97 Å². The van der Waals surface area contributed by atoms with Crippen LogP contribution in [0.2, 0.25) is 0 Å². The van der Waals surface area contributed by atoms with Gasteiger partial charge in [0.05, 0.1) is 22.1 Å². The molecule has 2 N–H and O–H groups in total. The normalized spacial score (nSPS) is 17.7. The highest BCUT2D eigenvalue weighted by atomic mass is 16.4. The van der Waals surface area contributed by atoms with E-state index in [4.69, 9.17) is 0 Å². The lowest BCUT2D eigenvalue weighted by Crippen LogP contribution is -2.31. The first kappa shape index (κ1) is 27.7. The number of aryl methyl sites for hydroxylation is 1. The number of ketones is 1. The molecule has 0 amide bonds. The van der Waals surface area contributed by atoms with Gasteiger partial charge < -0.3 is 14.8 Å². The Labute approximate surface area is 245 Å². The van der Waals surface area contributed by atoms with E-state index in [0.717, 1.165) is 58.0 Å². The third kappa shape index (κ3) is 4.20. The molecule has 0 spiro atoms. The molecule has 6 nitrogen and oxygen atoms in total. The number of aliphatic hydroxyl groups excluding tert-OH is 1. The maximum atomic E-state index is 13.6. The number of carboxylic acid groups (broad SMARTS) is 1. The highest BCUT2D eigenvalue weighted by Gasteiger charge is 2.46. The molecule has 1 aliphatic heterocycles. The Morgan fingerprint density at radius 3 is 2.45 bits per heavy atom. The molecule has 1 aliphatic carbocycles. The number of carbonyl (C=O) groups excluding carboxylic acids is 1. The summed E-state index contributed by atoms with van der Waals surface area (Å²) in [5.41, 5.74) is 4.12. The molecule has 2 heterocycles. The molecule has 2 aliphatic rings. The largest absolute Gasteiger partial charge is 0.506 e. The number of Topliss-reactive ketones (excluding diaryl/α,β-unsaturated/α-hetero) is 1. The summed E-state index contributed by atoms with van der Waals surface area (Å²) in [4.78, 5) is 25.3. The summed E-state index contributed by atoms with van der Waals surface area (Å²) in [7, 11) is 0. The van der Waals surface area contributed by atoms with Crippen molar-refractivity contribution in [2.45, 2.75) is 65.3 Å². The van der Waals surface area contributed by atoms with Gasteiger partial charge in [-0.05, 0) is 56.9 Å². The zero-order chi connectivity index (χ0) is 29.8. The van der Waals surface area contributed by atoms with Crippen molar-refractivity contribution in [1.29, 1.82) is 0 Å². The number of carbonyl (C=O) groups is 2. The van der Waals surface area contributed by atoms with Crippen LogP contribution in [0.4, 0.5) is 5.69 Å². The monoisotopic (exact) mass is 561 g/mol. The van der Waals surface area contributed by atoms with Crippen LogP contribution in [0.15, 0.2) is 77.6 Å². The summed E-state index contributed by atoms with van der Waals surface area (Å²) in [5.74, 6) is -1.15. The average molecular weight is 562 g/mol. The number of aliphatic hydroxyl groups is 1. The van der Waals surface area contributed by atoms with Crippen molar-refractivity contribution >= 4 is 50.9 Å². The van der Waals surface area contributed by atoms with Gasteiger partial charge in [-0.1, -0.05) is 56.5 Å². The number of unbranched alkanes of at least 4 members (excludes halogenated alkanes) is 3. The minimum Gasteiger partial charge on any atom is -0.506 e. The van der Waals surface area contributed by atoms with Gasteiger partial charge in [0.15, 0.2) is 5.71 Å². The number of allylic oxidation sites excluding steroid dienone is 3. The second kappa shape index (κ2) is 10.4. The second-order valence-corrected chi connectivity index (χ2v) is 11.9. The number of hydrogen-bond acceptors (Lipinski definition) is 3. The summed E-state index contributed by atoms with van der Waals surface area (Å²) in [6.07, 6.45) is 8.19. The molecule has 6 heteroatoms. The van der Waals surface area contributed by atoms with Crippen LogP contribution >= 0.6 is 0 Å². The van der Waals surface area contributed by atoms with E-state index in [1.165, 1.54) is 18.2 Å². The van der Waals surface area contributed by atoms with Crippen LogP contribution in [0.25, 0.3) is 27.8 Å². The number of carboxylic acids is 1. The molecule has 1 aromatic heterocycles. The molecule has 0 unspecified atom stereocenters. The van der Waals surface area contributed by atoms with Gasteiger partial charge in [0, 0.05) is 45.9 Å². The average Bonchev–Trinajstić information content (AvgIpc) is 3.40. The van der Waals surface area contributed by atoms with Crippen LogP contribution in [-0.4, -0.2) is 43.4 Å². The van der Waals surface area contributed by atoms with Crippen molar-refractivity contribution in [1.82, 2.24) is 4.57 Å². The van der Waals surface area contributed by atoms with E-state index in [2.05, 4.69) is 46.4 Å². The van der Waals surface area contributed by atoms with E-state index < -0.39 is 11.4 Å². The number of fused-ring (bicyclic) bond motifs is 1. The highest BCUT2D eigenvalue weighted by molar-refractivity contribution is 6.27. The lowest BCUT2D eigenvalue weighted by atomic mass is 9.78. The molecule has 0 atom stereocenters. The van der Waals surface area contributed by atoms with Crippen molar-refractivity contribution in [3.63, 3.8) is 0 Å². The van der Waals surface area contributed by atoms with E-state index >= 15 is 0 Å². The van der Waals surface area contributed by atoms with Gasteiger partial charge in [0.25, 0.3) is 0 Å². The molecule has 4 aromatic rings. The smallest absolute Gasteiger partial charge is 0.335 e. The minimum absolute atomic E-state index is 0.00287. The van der Waals surface area contributed by atoms with Gasteiger partial charge in [-0.3, -0.25) is 4.79 Å². The predicted octanol–water partition coefficient (Wildman–Crippen LogP) is 6.99. The molecule has 0 fully saturated rings. The lowest BCUT2D eigenvalue weighted by Gasteiger charge is -2.21. The Morgan fingerprint density at radius 1 is 1.00 bits per heavy atom. The quantitative estimate of drug-likeness (QED) is 0.131. The van der Waals surface area contributed by atoms with Crippen LogP contribution in [0.1, 0.15) is 69.3 Å². The zero-order valence-corrected chi connectivity index (χ0v) is 24.7. The van der Waals surface area contributed by atoms with Crippen LogP contribution in [-0.2, 0) is 16.8 Å². The van der Waals surface area contributed by atoms with Crippen molar-refractivity contribution in [2.75, 3.05) is 6.54 Å². The third-order valence-electron chi connectivity index (χ3n) is 8.99. The van der Waals surface area contributed by atoms with Crippen molar-refractivity contribution < 1.29 is 24.4 Å². The maximum absolute atomic E-state index is 13.6. The maximum Gasteiger partial charge on any atom is 0.335 e. The fourth-order valence-corrected chi connectivity index (χ4v) is 6.72. The lowest BCUT2D eigenvalue weighted by molar-refractivity contribution is -0.433. The second-order valence-electron chi connectivity index (χ2n) is 11.9. The zero-order valence-electron chi connectivity index (χ0n) is 24.7. The molecule has 42 heavy (non-hydrogen) atoms. The predicted molar refractivity (Wildman–Crippen MR) is 168 cm³/mol. The Bertz CT molecular complexity index is 1930. The summed E-state index contributed by atoms with van der Waals surface area (Å²) >= 11 is 0. The summed E-state index contributed by atoms with van der Waals surface area (Å²) in [6, 6.07) is 17.7. The number of benzene rings is 3. The Kier molecular flexibility index (Phi) is 6.88. The van der Waals surface area contributed by atoms with Crippen molar-refractivity contribution in [3.05, 3.63) is 94.1 Å². The van der Waals surface area contributed by atoms with Gasteiger partial charge in [0.2, 0.25) is 11.5 Å². The molecule has 0 radical (unpaired) electrons. The van der Waals surface area contributed by atoms with Crippen LogP contribution < -0.4 is 5.35 Å². The van der Waals surface area contributed by atoms with Gasteiger partial charge in [-0.2, -0.15) is 4.58 Å². The van der Waals surface area contributed by atoms with Gasteiger partial charge in [0.1, 0.15) is 12.3 Å². The fourth-order valence-electron chi connectivity index (χ4n) is 6.72. The number of hydrogen-bond donors (Lipinski definition) is 2. The van der Waals surface area contributed by atoms with E-state index in [9.17, 15) is 19.8 Å². The first-order chi connectivity index (χ1) is 20.2. The Morgan fingerprint density at radius 2 is 1.76 bits per heavy atom. The number of aromatic nitrogens is 1. The topological polar surface area (TPSA) is 82.5 Å². The van der Waals surface area contributed by atoms with E-state index in [1.807, 2.05) is 39.0 Å². The van der Waals surface area contributed by atoms with Crippen LogP contribution in [0.3, 0.4) is 0 Å². The molecule has 0 bridgehead atoms. The Balaban J connectivity index is 1.46. The molecule has 6 rings (SSSR count). The number of nitrogens with zero attached hydrogens (tertiary/aromatic N) is 2. The summed E-state index contributed by atoms with van der Waals surface area (Å²) in [6.45, 7) is 9.77. The highest BCUT2D eigenvalue weighted by Crippen LogP contribution is 2.42. The van der Waals surface area contributed by atoms with Crippen LogP contribution in [0, 0.1) is 0 Å². The van der Waals surface area contributed by atoms with Gasteiger partial charge in [-0.25, -0.2) is 4.79 Å². The van der Waals surface area contributed by atoms with Crippen molar-refractivity contribution in [3.8, 4) is 0 Å². The molecule has 0 saturated heterocycles. The third-order valence-corrected chi connectivity index (χ3v) is 8.99. The summed E-state index contributed by atoms with van der Waals surface area (Å²) in [5, 5.41) is 25.2. The first-order valence-electron chi connectivity index (χ1n) is 14.9. The van der Waals surface area contributed by atoms with E-state index in [1.54, 1.807) is 18.2 Å².